The Bertz CT molecular complexity index is 809. The molecule has 2 rings (SSSR count). The largest absolute Gasteiger partial charge is 0.494 e. The molecular weight excluding hydrogens is 400 g/mol. The topological polar surface area (TPSA) is 68.8 Å². The van der Waals surface area contributed by atoms with E-state index in [0.717, 1.165) is 17.9 Å². The fraction of sp³-hybridized carbons (Fsp3) is 0.391. The normalized spacial score (nSPS) is 10.5. The number of anilines is 1. The van der Waals surface area contributed by atoms with Gasteiger partial charge in [-0.1, -0.05) is 19.9 Å². The SMILES string of the molecule is CCOCCOc1ccc(NC(=S)NC(=O)c2cccc(OCCC(C)C)c2)cc1. The summed E-state index contributed by atoms with van der Waals surface area (Å²) in [6.45, 7) is 8.57. The first-order valence-electron chi connectivity index (χ1n) is 10.1. The second-order valence-corrected chi connectivity index (χ2v) is 7.45. The van der Waals surface area contributed by atoms with Gasteiger partial charge in [0.2, 0.25) is 0 Å². The average Bonchev–Trinajstić information content (AvgIpc) is 2.72. The molecule has 30 heavy (non-hydrogen) atoms. The molecule has 0 heterocycles. The molecule has 0 aliphatic heterocycles. The fourth-order valence-corrected chi connectivity index (χ4v) is 2.69. The molecule has 0 saturated carbocycles. The number of carbonyl (C=O) groups excluding carboxylic acids is 1. The summed E-state index contributed by atoms with van der Waals surface area (Å²) < 4.78 is 16.5. The Morgan fingerprint density at radius 3 is 2.43 bits per heavy atom. The molecule has 0 radical (unpaired) electrons. The van der Waals surface area contributed by atoms with Crippen LogP contribution in [0.5, 0.6) is 11.5 Å². The number of ether oxygens (including phenoxy) is 3. The lowest BCUT2D eigenvalue weighted by atomic mass is 10.1. The number of carbonyl (C=O) groups is 1. The van der Waals surface area contributed by atoms with Gasteiger partial charge >= 0.3 is 0 Å². The van der Waals surface area contributed by atoms with Crippen LogP contribution in [0.15, 0.2) is 48.5 Å². The number of hydrogen-bond donors (Lipinski definition) is 2. The number of benzene rings is 2. The lowest BCUT2D eigenvalue weighted by molar-refractivity contribution is 0.0977. The molecule has 0 aliphatic rings. The van der Waals surface area contributed by atoms with E-state index in [-0.39, 0.29) is 11.0 Å². The van der Waals surface area contributed by atoms with E-state index < -0.39 is 0 Å². The Balaban J connectivity index is 1.82. The predicted octanol–water partition coefficient (Wildman–Crippen LogP) is 4.65. The number of nitrogens with one attached hydrogen (secondary N) is 2. The summed E-state index contributed by atoms with van der Waals surface area (Å²) in [6, 6.07) is 14.4. The minimum Gasteiger partial charge on any atom is -0.494 e. The monoisotopic (exact) mass is 430 g/mol. The second-order valence-electron chi connectivity index (χ2n) is 7.04. The van der Waals surface area contributed by atoms with Crippen LogP contribution in [0.25, 0.3) is 0 Å². The van der Waals surface area contributed by atoms with Gasteiger partial charge in [-0.25, -0.2) is 0 Å². The zero-order valence-electron chi connectivity index (χ0n) is 17.8. The maximum Gasteiger partial charge on any atom is 0.257 e. The van der Waals surface area contributed by atoms with E-state index in [2.05, 4.69) is 24.5 Å². The smallest absolute Gasteiger partial charge is 0.257 e. The summed E-state index contributed by atoms with van der Waals surface area (Å²) >= 11 is 5.25. The van der Waals surface area contributed by atoms with Gasteiger partial charge in [0, 0.05) is 17.9 Å². The highest BCUT2D eigenvalue weighted by atomic mass is 32.1. The number of hydrogen-bond acceptors (Lipinski definition) is 5. The first-order valence-corrected chi connectivity index (χ1v) is 10.5. The van der Waals surface area contributed by atoms with Crippen molar-refractivity contribution in [1.82, 2.24) is 5.32 Å². The van der Waals surface area contributed by atoms with Crippen LogP contribution in [0, 0.1) is 5.92 Å². The minimum atomic E-state index is -0.294. The van der Waals surface area contributed by atoms with Crippen LogP contribution in [0.4, 0.5) is 5.69 Å². The predicted molar refractivity (Wildman–Crippen MR) is 124 cm³/mol. The summed E-state index contributed by atoms with van der Waals surface area (Å²) in [4.78, 5) is 12.5. The van der Waals surface area contributed by atoms with Gasteiger partial charge in [-0.05, 0) is 73.9 Å². The van der Waals surface area contributed by atoms with E-state index >= 15 is 0 Å². The number of amides is 1. The first-order chi connectivity index (χ1) is 14.5. The van der Waals surface area contributed by atoms with Crippen molar-refractivity contribution in [2.45, 2.75) is 27.2 Å². The summed E-state index contributed by atoms with van der Waals surface area (Å²) in [6.07, 6.45) is 0.959. The molecule has 0 saturated heterocycles. The second kappa shape index (κ2) is 12.8. The standard InChI is InChI=1S/C23H30N2O4S/c1-4-27-14-15-29-20-10-8-19(9-11-20)24-23(30)25-22(26)18-6-5-7-21(16-18)28-13-12-17(2)3/h5-11,16-17H,4,12-15H2,1-3H3,(H2,24,25,26,30). The van der Waals surface area contributed by atoms with Crippen LogP contribution >= 0.6 is 12.2 Å². The third-order valence-electron chi connectivity index (χ3n) is 4.10. The Hall–Kier alpha value is -2.64. The molecule has 7 heteroatoms. The van der Waals surface area contributed by atoms with Crippen molar-refractivity contribution in [3.05, 3.63) is 54.1 Å². The molecular formula is C23H30N2O4S. The van der Waals surface area contributed by atoms with Crippen molar-refractivity contribution in [2.75, 3.05) is 31.7 Å². The van der Waals surface area contributed by atoms with Crippen molar-refractivity contribution < 1.29 is 19.0 Å². The molecule has 0 aliphatic carbocycles. The lowest BCUT2D eigenvalue weighted by Crippen LogP contribution is -2.34. The summed E-state index contributed by atoms with van der Waals surface area (Å²) in [7, 11) is 0. The van der Waals surface area contributed by atoms with Gasteiger partial charge in [0.1, 0.15) is 18.1 Å². The van der Waals surface area contributed by atoms with Crippen molar-refractivity contribution in [1.29, 1.82) is 0 Å². The van der Waals surface area contributed by atoms with Gasteiger partial charge in [-0.2, -0.15) is 0 Å². The Labute approximate surface area is 183 Å². The van der Waals surface area contributed by atoms with E-state index in [4.69, 9.17) is 26.4 Å². The van der Waals surface area contributed by atoms with Crippen LogP contribution in [0.1, 0.15) is 37.6 Å². The Morgan fingerprint density at radius 1 is 1.00 bits per heavy atom. The molecule has 0 unspecified atom stereocenters. The van der Waals surface area contributed by atoms with Gasteiger partial charge in [-0.15, -0.1) is 0 Å². The molecule has 0 fully saturated rings. The van der Waals surface area contributed by atoms with Crippen molar-refractivity contribution in [3.8, 4) is 11.5 Å². The molecule has 162 valence electrons. The fourth-order valence-electron chi connectivity index (χ4n) is 2.47. The Kier molecular flexibility index (Phi) is 10.1. The van der Waals surface area contributed by atoms with Crippen molar-refractivity contribution >= 4 is 28.9 Å². The van der Waals surface area contributed by atoms with Crippen LogP contribution in [-0.2, 0) is 4.74 Å². The average molecular weight is 431 g/mol. The van der Waals surface area contributed by atoms with E-state index in [0.29, 0.717) is 43.7 Å². The van der Waals surface area contributed by atoms with Crippen molar-refractivity contribution in [3.63, 3.8) is 0 Å². The maximum absolute atomic E-state index is 12.5. The third kappa shape index (κ3) is 8.80. The maximum atomic E-state index is 12.5. The molecule has 0 aromatic heterocycles. The van der Waals surface area contributed by atoms with Crippen molar-refractivity contribution in [2.24, 2.45) is 5.92 Å². The molecule has 1 amide bonds. The van der Waals surface area contributed by atoms with Gasteiger partial charge in [0.05, 0.1) is 13.2 Å². The van der Waals surface area contributed by atoms with Crippen LogP contribution < -0.4 is 20.1 Å². The molecule has 0 spiro atoms. The highest BCUT2D eigenvalue weighted by molar-refractivity contribution is 7.80. The zero-order valence-corrected chi connectivity index (χ0v) is 18.6. The highest BCUT2D eigenvalue weighted by Crippen LogP contribution is 2.16. The van der Waals surface area contributed by atoms with Crippen LogP contribution in [-0.4, -0.2) is 37.4 Å². The first kappa shape index (κ1) is 23.6. The Morgan fingerprint density at radius 2 is 1.73 bits per heavy atom. The molecule has 2 aromatic rings. The molecule has 0 atom stereocenters. The van der Waals surface area contributed by atoms with Gasteiger partial charge < -0.3 is 19.5 Å². The lowest BCUT2D eigenvalue weighted by Gasteiger charge is -2.12. The zero-order chi connectivity index (χ0) is 21.8. The van der Waals surface area contributed by atoms with Crippen LogP contribution in [0.2, 0.25) is 0 Å². The van der Waals surface area contributed by atoms with Crippen LogP contribution in [0.3, 0.4) is 0 Å². The molecule has 6 nitrogen and oxygen atoms in total. The number of thiocarbonyl (C=S) groups is 1. The van der Waals surface area contributed by atoms with E-state index in [1.807, 2.05) is 37.3 Å². The third-order valence-corrected chi connectivity index (χ3v) is 4.30. The molecule has 2 N–H and O–H groups in total. The molecule has 2 aromatic carbocycles. The summed E-state index contributed by atoms with van der Waals surface area (Å²) in [5.74, 6) is 1.68. The van der Waals surface area contributed by atoms with E-state index in [1.165, 1.54) is 0 Å². The van der Waals surface area contributed by atoms with Gasteiger partial charge in [-0.3, -0.25) is 10.1 Å². The van der Waals surface area contributed by atoms with Gasteiger partial charge in [0.25, 0.3) is 5.91 Å². The summed E-state index contributed by atoms with van der Waals surface area (Å²) in [5, 5.41) is 5.90. The molecule has 0 bridgehead atoms. The summed E-state index contributed by atoms with van der Waals surface area (Å²) in [5.41, 5.74) is 1.24. The highest BCUT2D eigenvalue weighted by Gasteiger charge is 2.09. The quantitative estimate of drug-likeness (QED) is 0.399. The minimum absolute atomic E-state index is 0.219. The van der Waals surface area contributed by atoms with E-state index in [1.54, 1.807) is 18.2 Å². The van der Waals surface area contributed by atoms with E-state index in [9.17, 15) is 4.79 Å². The van der Waals surface area contributed by atoms with Gasteiger partial charge in [0.15, 0.2) is 5.11 Å². The number of rotatable bonds is 11.